The average molecular weight is 373 g/mol. The van der Waals surface area contributed by atoms with Crippen molar-refractivity contribution >= 4 is 23.2 Å². The van der Waals surface area contributed by atoms with Gasteiger partial charge < -0.3 is 15.0 Å². The number of hydrogen-bond acceptors (Lipinski definition) is 4. The van der Waals surface area contributed by atoms with Gasteiger partial charge >= 0.3 is 0 Å². The number of morpholine rings is 1. The average Bonchev–Trinajstić information content (AvgIpc) is 3.13. The highest BCUT2D eigenvalue weighted by atomic mass is 16.5. The number of anilines is 2. The van der Waals surface area contributed by atoms with Crippen LogP contribution in [0.3, 0.4) is 0 Å². The van der Waals surface area contributed by atoms with E-state index in [0.29, 0.717) is 25.6 Å². The summed E-state index contributed by atoms with van der Waals surface area (Å²) >= 11 is 0. The molecular formula is C21H31N3O3. The molecule has 2 saturated heterocycles. The summed E-state index contributed by atoms with van der Waals surface area (Å²) in [5.41, 5.74) is 1.68. The van der Waals surface area contributed by atoms with Crippen LogP contribution in [-0.4, -0.2) is 55.6 Å². The van der Waals surface area contributed by atoms with Gasteiger partial charge in [-0.05, 0) is 36.6 Å². The van der Waals surface area contributed by atoms with Gasteiger partial charge in [-0.1, -0.05) is 26.7 Å². The van der Waals surface area contributed by atoms with E-state index < -0.39 is 0 Å². The standard InChI is InChI=1S/C21H31N3O3/c1-3-16(4-2)20(23-12-14-27-15-13-23)21(26)22-17-7-9-18(10-8-17)24-11-5-6-19(24)25/h7-10,16,20H,3-6,11-15H2,1-2H3,(H,22,26)/t20-/m0/s1. The molecule has 1 aromatic carbocycles. The van der Waals surface area contributed by atoms with Crippen molar-refractivity contribution < 1.29 is 14.3 Å². The Bertz CT molecular complexity index is 637. The number of nitrogens with zero attached hydrogens (tertiary/aromatic N) is 2. The fourth-order valence-corrected chi connectivity index (χ4v) is 4.13. The zero-order chi connectivity index (χ0) is 19.2. The Morgan fingerprint density at radius 1 is 1.11 bits per heavy atom. The predicted molar refractivity (Wildman–Crippen MR) is 107 cm³/mol. The van der Waals surface area contributed by atoms with E-state index in [9.17, 15) is 9.59 Å². The van der Waals surface area contributed by atoms with E-state index in [1.807, 2.05) is 29.2 Å². The van der Waals surface area contributed by atoms with E-state index >= 15 is 0 Å². The smallest absolute Gasteiger partial charge is 0.242 e. The van der Waals surface area contributed by atoms with Gasteiger partial charge in [0.15, 0.2) is 0 Å². The van der Waals surface area contributed by atoms with E-state index in [-0.39, 0.29) is 17.9 Å². The molecule has 1 atom stereocenters. The molecule has 1 N–H and O–H groups in total. The first kappa shape index (κ1) is 19.8. The lowest BCUT2D eigenvalue weighted by atomic mass is 9.91. The Morgan fingerprint density at radius 2 is 1.78 bits per heavy atom. The molecule has 148 valence electrons. The Kier molecular flexibility index (Phi) is 6.85. The number of nitrogens with one attached hydrogen (secondary N) is 1. The third kappa shape index (κ3) is 4.68. The second kappa shape index (κ2) is 9.33. The van der Waals surface area contributed by atoms with E-state index in [0.717, 1.165) is 50.3 Å². The van der Waals surface area contributed by atoms with Gasteiger partial charge in [0.25, 0.3) is 0 Å². The maximum Gasteiger partial charge on any atom is 0.242 e. The Morgan fingerprint density at radius 3 is 2.33 bits per heavy atom. The summed E-state index contributed by atoms with van der Waals surface area (Å²) in [6, 6.07) is 7.48. The van der Waals surface area contributed by atoms with Crippen molar-refractivity contribution in [1.29, 1.82) is 0 Å². The van der Waals surface area contributed by atoms with Crippen molar-refractivity contribution in [1.82, 2.24) is 4.90 Å². The minimum atomic E-state index is -0.135. The van der Waals surface area contributed by atoms with E-state index in [1.54, 1.807) is 0 Å². The molecule has 1 aromatic rings. The lowest BCUT2D eigenvalue weighted by Gasteiger charge is -2.37. The number of carbonyl (C=O) groups is 2. The molecule has 2 heterocycles. The van der Waals surface area contributed by atoms with Crippen molar-refractivity contribution in [3.8, 4) is 0 Å². The van der Waals surface area contributed by atoms with Crippen LogP contribution in [0, 0.1) is 5.92 Å². The summed E-state index contributed by atoms with van der Waals surface area (Å²) in [4.78, 5) is 29.1. The van der Waals surface area contributed by atoms with Crippen molar-refractivity contribution in [3.05, 3.63) is 24.3 Å². The molecule has 0 aromatic heterocycles. The molecule has 6 nitrogen and oxygen atoms in total. The van der Waals surface area contributed by atoms with Crippen LogP contribution < -0.4 is 10.2 Å². The second-order valence-electron chi connectivity index (χ2n) is 7.35. The molecule has 2 amide bonds. The van der Waals surface area contributed by atoms with Gasteiger partial charge in [0.2, 0.25) is 11.8 Å². The normalized spacial score (nSPS) is 19.5. The van der Waals surface area contributed by atoms with E-state index in [4.69, 9.17) is 4.74 Å². The molecular weight excluding hydrogens is 342 g/mol. The Labute approximate surface area is 161 Å². The Balaban J connectivity index is 1.69. The summed E-state index contributed by atoms with van der Waals surface area (Å²) in [5, 5.41) is 3.09. The summed E-state index contributed by atoms with van der Waals surface area (Å²) in [7, 11) is 0. The first-order chi connectivity index (χ1) is 13.1. The minimum Gasteiger partial charge on any atom is -0.379 e. The molecule has 0 unspecified atom stereocenters. The molecule has 0 bridgehead atoms. The molecule has 3 rings (SSSR count). The first-order valence-electron chi connectivity index (χ1n) is 10.2. The van der Waals surface area contributed by atoms with Gasteiger partial charge in [-0.3, -0.25) is 14.5 Å². The molecule has 0 saturated carbocycles. The zero-order valence-electron chi connectivity index (χ0n) is 16.4. The fourth-order valence-electron chi connectivity index (χ4n) is 4.13. The molecule has 2 aliphatic rings. The van der Waals surface area contributed by atoms with Crippen molar-refractivity contribution in [2.75, 3.05) is 43.1 Å². The number of hydrogen-bond donors (Lipinski definition) is 1. The zero-order valence-corrected chi connectivity index (χ0v) is 16.4. The highest BCUT2D eigenvalue weighted by molar-refractivity contribution is 5.97. The highest BCUT2D eigenvalue weighted by Gasteiger charge is 2.33. The number of ether oxygens (including phenoxy) is 1. The predicted octanol–water partition coefficient (Wildman–Crippen LogP) is 2.89. The third-order valence-corrected chi connectivity index (χ3v) is 5.72. The van der Waals surface area contributed by atoms with Gasteiger partial charge in [0.1, 0.15) is 0 Å². The van der Waals surface area contributed by atoms with E-state index in [2.05, 4.69) is 24.1 Å². The summed E-state index contributed by atoms with van der Waals surface area (Å²) in [6.45, 7) is 8.03. The summed E-state index contributed by atoms with van der Waals surface area (Å²) < 4.78 is 5.46. The van der Waals surface area contributed by atoms with Crippen LogP contribution in [0.15, 0.2) is 24.3 Å². The SMILES string of the molecule is CCC(CC)[C@@H](C(=O)Nc1ccc(N2CCCC2=O)cc1)N1CCOCC1. The van der Waals surface area contributed by atoms with Crippen LogP contribution in [0.1, 0.15) is 39.5 Å². The molecule has 27 heavy (non-hydrogen) atoms. The minimum absolute atomic E-state index is 0.0515. The number of amides is 2. The van der Waals surface area contributed by atoms with Crippen molar-refractivity contribution in [3.63, 3.8) is 0 Å². The Hall–Kier alpha value is -1.92. The monoisotopic (exact) mass is 373 g/mol. The van der Waals surface area contributed by atoms with Gasteiger partial charge in [0, 0.05) is 37.4 Å². The van der Waals surface area contributed by atoms with E-state index in [1.165, 1.54) is 0 Å². The fraction of sp³-hybridized carbons (Fsp3) is 0.619. The van der Waals surface area contributed by atoms with Crippen molar-refractivity contribution in [2.24, 2.45) is 5.92 Å². The van der Waals surface area contributed by atoms with Gasteiger partial charge in [-0.15, -0.1) is 0 Å². The number of rotatable bonds is 7. The number of benzene rings is 1. The maximum absolute atomic E-state index is 13.1. The molecule has 2 aliphatic heterocycles. The summed E-state index contributed by atoms with van der Waals surface area (Å²) in [5.74, 6) is 0.549. The van der Waals surface area contributed by atoms with Crippen molar-refractivity contribution in [2.45, 2.75) is 45.6 Å². The highest BCUT2D eigenvalue weighted by Crippen LogP contribution is 2.25. The maximum atomic E-state index is 13.1. The quantitative estimate of drug-likeness (QED) is 0.798. The lowest BCUT2D eigenvalue weighted by Crippen LogP contribution is -2.52. The third-order valence-electron chi connectivity index (χ3n) is 5.72. The van der Waals surface area contributed by atoms with Gasteiger partial charge in [-0.2, -0.15) is 0 Å². The first-order valence-corrected chi connectivity index (χ1v) is 10.2. The summed E-state index contributed by atoms with van der Waals surface area (Å²) in [6.07, 6.45) is 3.48. The molecule has 0 spiro atoms. The van der Waals surface area contributed by atoms with Crippen LogP contribution in [0.5, 0.6) is 0 Å². The van der Waals surface area contributed by atoms with Crippen LogP contribution in [0.4, 0.5) is 11.4 Å². The van der Waals surface area contributed by atoms with Crippen LogP contribution in [-0.2, 0) is 14.3 Å². The van der Waals surface area contributed by atoms with Crippen LogP contribution >= 0.6 is 0 Å². The molecule has 0 radical (unpaired) electrons. The van der Waals surface area contributed by atoms with Gasteiger partial charge in [-0.25, -0.2) is 0 Å². The van der Waals surface area contributed by atoms with Gasteiger partial charge in [0.05, 0.1) is 19.3 Å². The second-order valence-corrected chi connectivity index (χ2v) is 7.35. The van der Waals surface area contributed by atoms with Crippen LogP contribution in [0.2, 0.25) is 0 Å². The lowest BCUT2D eigenvalue weighted by molar-refractivity contribution is -0.125. The molecule has 2 fully saturated rings. The number of carbonyl (C=O) groups excluding carboxylic acids is 2. The molecule has 0 aliphatic carbocycles. The topological polar surface area (TPSA) is 61.9 Å². The molecule has 6 heteroatoms. The largest absolute Gasteiger partial charge is 0.379 e. The van der Waals surface area contributed by atoms with Crippen LogP contribution in [0.25, 0.3) is 0 Å².